The Morgan fingerprint density at radius 1 is 1.22 bits per heavy atom. The van der Waals surface area contributed by atoms with E-state index >= 15 is 0 Å². The molecule has 0 saturated carbocycles. The van der Waals surface area contributed by atoms with Crippen LogP contribution in [0.2, 0.25) is 0 Å². The largest absolute Gasteiger partial charge is 0.380 e. The number of nitriles is 1. The topological polar surface area (TPSA) is 36.3 Å². The van der Waals surface area contributed by atoms with E-state index in [0.29, 0.717) is 11.5 Å². The highest BCUT2D eigenvalue weighted by molar-refractivity contribution is 5.48. The summed E-state index contributed by atoms with van der Waals surface area (Å²) in [6, 6.07) is 9.73. The minimum atomic E-state index is 0.695. The Bertz CT molecular complexity index is 378. The third-order valence-electron chi connectivity index (χ3n) is 2.85. The van der Waals surface area contributed by atoms with Crippen LogP contribution in [-0.2, 0) is 4.74 Å². The summed E-state index contributed by atoms with van der Waals surface area (Å²) in [6.07, 6.45) is 1.11. The van der Waals surface area contributed by atoms with Crippen molar-refractivity contribution in [3.63, 3.8) is 0 Å². The average molecular weight is 246 g/mol. The summed E-state index contributed by atoms with van der Waals surface area (Å²) >= 11 is 0. The van der Waals surface area contributed by atoms with Gasteiger partial charge in [-0.1, -0.05) is 13.8 Å². The fraction of sp³-hybridized carbons (Fsp3) is 0.533. The second-order valence-corrected chi connectivity index (χ2v) is 4.88. The molecule has 0 radical (unpaired) electrons. The number of anilines is 1. The lowest BCUT2D eigenvalue weighted by atomic mass is 10.1. The van der Waals surface area contributed by atoms with E-state index in [0.717, 1.165) is 31.9 Å². The molecule has 0 bridgehead atoms. The van der Waals surface area contributed by atoms with Crippen molar-refractivity contribution < 1.29 is 4.74 Å². The SMILES string of the molecule is CC(C)CCOCCN(C)c1ccc(C#N)cc1. The van der Waals surface area contributed by atoms with Gasteiger partial charge in [-0.25, -0.2) is 0 Å². The van der Waals surface area contributed by atoms with Crippen LogP contribution in [-0.4, -0.2) is 26.8 Å². The summed E-state index contributed by atoms with van der Waals surface area (Å²) in [4.78, 5) is 2.14. The van der Waals surface area contributed by atoms with E-state index in [-0.39, 0.29) is 0 Å². The number of rotatable bonds is 7. The zero-order valence-electron chi connectivity index (χ0n) is 11.5. The minimum Gasteiger partial charge on any atom is -0.380 e. The van der Waals surface area contributed by atoms with Gasteiger partial charge in [0.2, 0.25) is 0 Å². The Hall–Kier alpha value is -1.53. The van der Waals surface area contributed by atoms with Gasteiger partial charge in [-0.2, -0.15) is 5.26 Å². The lowest BCUT2D eigenvalue weighted by Gasteiger charge is -2.19. The molecule has 0 spiro atoms. The first-order chi connectivity index (χ1) is 8.63. The van der Waals surface area contributed by atoms with Crippen LogP contribution in [0.15, 0.2) is 24.3 Å². The van der Waals surface area contributed by atoms with Crippen molar-refractivity contribution in [3.05, 3.63) is 29.8 Å². The summed E-state index contributed by atoms with van der Waals surface area (Å²) in [7, 11) is 2.03. The Morgan fingerprint density at radius 2 is 1.89 bits per heavy atom. The van der Waals surface area contributed by atoms with Crippen LogP contribution < -0.4 is 4.90 Å². The number of nitrogens with zero attached hydrogens (tertiary/aromatic N) is 2. The molecule has 0 fully saturated rings. The smallest absolute Gasteiger partial charge is 0.0991 e. The fourth-order valence-corrected chi connectivity index (χ4v) is 1.54. The van der Waals surface area contributed by atoms with Gasteiger partial charge < -0.3 is 9.64 Å². The number of benzene rings is 1. The molecule has 0 unspecified atom stereocenters. The molecule has 1 aromatic rings. The van der Waals surface area contributed by atoms with E-state index in [1.165, 1.54) is 0 Å². The van der Waals surface area contributed by atoms with E-state index in [1.807, 2.05) is 31.3 Å². The molecule has 0 amide bonds. The molecule has 0 aliphatic rings. The lowest BCUT2D eigenvalue weighted by molar-refractivity contribution is 0.130. The molecular formula is C15H22N2O. The molecule has 0 saturated heterocycles. The molecule has 0 N–H and O–H groups in total. The Morgan fingerprint density at radius 3 is 2.44 bits per heavy atom. The van der Waals surface area contributed by atoms with Gasteiger partial charge in [0.05, 0.1) is 18.2 Å². The highest BCUT2D eigenvalue weighted by Gasteiger charge is 2.01. The van der Waals surface area contributed by atoms with Crippen molar-refractivity contribution in [1.29, 1.82) is 5.26 Å². The number of hydrogen-bond acceptors (Lipinski definition) is 3. The van der Waals surface area contributed by atoms with Crippen molar-refractivity contribution in [3.8, 4) is 6.07 Å². The van der Waals surface area contributed by atoms with Crippen molar-refractivity contribution >= 4 is 5.69 Å². The average Bonchev–Trinajstić information content (AvgIpc) is 2.38. The van der Waals surface area contributed by atoms with Gasteiger partial charge in [0.15, 0.2) is 0 Å². The van der Waals surface area contributed by atoms with Gasteiger partial charge in [-0.3, -0.25) is 0 Å². The number of hydrogen-bond donors (Lipinski definition) is 0. The second-order valence-electron chi connectivity index (χ2n) is 4.88. The third-order valence-corrected chi connectivity index (χ3v) is 2.85. The molecule has 0 heterocycles. The molecule has 0 aromatic heterocycles. The van der Waals surface area contributed by atoms with Crippen LogP contribution >= 0.6 is 0 Å². The van der Waals surface area contributed by atoms with Crippen LogP contribution in [0.25, 0.3) is 0 Å². The van der Waals surface area contributed by atoms with E-state index < -0.39 is 0 Å². The molecule has 0 aliphatic heterocycles. The molecule has 0 aliphatic carbocycles. The normalized spacial score (nSPS) is 10.4. The summed E-state index contributed by atoms with van der Waals surface area (Å²) in [5.41, 5.74) is 1.81. The summed E-state index contributed by atoms with van der Waals surface area (Å²) in [6.45, 7) is 6.84. The highest BCUT2D eigenvalue weighted by Crippen LogP contribution is 2.12. The zero-order valence-corrected chi connectivity index (χ0v) is 11.5. The number of ether oxygens (including phenoxy) is 1. The lowest BCUT2D eigenvalue weighted by Crippen LogP contribution is -2.22. The van der Waals surface area contributed by atoms with Crippen LogP contribution in [0.4, 0.5) is 5.69 Å². The van der Waals surface area contributed by atoms with Gasteiger partial charge in [0.1, 0.15) is 0 Å². The maximum Gasteiger partial charge on any atom is 0.0991 e. The summed E-state index contributed by atoms with van der Waals surface area (Å²) < 4.78 is 5.59. The van der Waals surface area contributed by atoms with Gasteiger partial charge in [-0.15, -0.1) is 0 Å². The Kier molecular flexibility index (Phi) is 6.24. The van der Waals surface area contributed by atoms with Gasteiger partial charge in [0.25, 0.3) is 0 Å². The van der Waals surface area contributed by atoms with Crippen molar-refractivity contribution in [1.82, 2.24) is 0 Å². The summed E-state index contributed by atoms with van der Waals surface area (Å²) in [5.74, 6) is 0.696. The Balaban J connectivity index is 2.27. The van der Waals surface area contributed by atoms with E-state index in [2.05, 4.69) is 24.8 Å². The monoisotopic (exact) mass is 246 g/mol. The number of likely N-dealkylation sites (N-methyl/N-ethyl adjacent to an activating group) is 1. The van der Waals surface area contributed by atoms with Crippen LogP contribution in [0, 0.1) is 17.2 Å². The van der Waals surface area contributed by atoms with Crippen LogP contribution in [0.3, 0.4) is 0 Å². The summed E-state index contributed by atoms with van der Waals surface area (Å²) in [5, 5.41) is 8.73. The van der Waals surface area contributed by atoms with E-state index in [1.54, 1.807) is 0 Å². The van der Waals surface area contributed by atoms with Crippen LogP contribution in [0.1, 0.15) is 25.8 Å². The molecule has 98 valence electrons. The first-order valence-corrected chi connectivity index (χ1v) is 6.42. The van der Waals surface area contributed by atoms with Gasteiger partial charge in [-0.05, 0) is 36.6 Å². The molecular weight excluding hydrogens is 224 g/mol. The van der Waals surface area contributed by atoms with Crippen molar-refractivity contribution in [2.75, 3.05) is 31.7 Å². The molecule has 3 heteroatoms. The second kappa shape index (κ2) is 7.73. The standard InChI is InChI=1S/C15H22N2O/c1-13(2)8-10-18-11-9-17(3)15-6-4-14(12-16)5-7-15/h4-7,13H,8-11H2,1-3H3. The quantitative estimate of drug-likeness (QED) is 0.694. The fourth-order valence-electron chi connectivity index (χ4n) is 1.54. The van der Waals surface area contributed by atoms with E-state index in [9.17, 15) is 0 Å². The van der Waals surface area contributed by atoms with Crippen LogP contribution in [0.5, 0.6) is 0 Å². The zero-order chi connectivity index (χ0) is 13.4. The third kappa shape index (κ3) is 5.20. The minimum absolute atomic E-state index is 0.695. The molecule has 1 aromatic carbocycles. The molecule has 1 rings (SSSR count). The van der Waals surface area contributed by atoms with Crippen molar-refractivity contribution in [2.24, 2.45) is 5.92 Å². The predicted molar refractivity (Wildman–Crippen MR) is 74.7 cm³/mol. The maximum atomic E-state index is 8.73. The maximum absolute atomic E-state index is 8.73. The van der Waals surface area contributed by atoms with E-state index in [4.69, 9.17) is 10.00 Å². The van der Waals surface area contributed by atoms with Crippen molar-refractivity contribution in [2.45, 2.75) is 20.3 Å². The predicted octanol–water partition coefficient (Wildman–Crippen LogP) is 3.06. The highest BCUT2D eigenvalue weighted by atomic mass is 16.5. The molecule has 3 nitrogen and oxygen atoms in total. The van der Waals surface area contributed by atoms with Gasteiger partial charge >= 0.3 is 0 Å². The molecule has 0 atom stereocenters. The Labute approximate surface area is 110 Å². The van der Waals surface area contributed by atoms with Gasteiger partial charge in [0, 0.05) is 25.9 Å². The first kappa shape index (κ1) is 14.5. The molecule has 18 heavy (non-hydrogen) atoms. The first-order valence-electron chi connectivity index (χ1n) is 6.42.